The van der Waals surface area contributed by atoms with Crippen molar-refractivity contribution < 1.29 is 18.8 Å². The number of benzene rings is 3. The molecule has 0 N–H and O–H groups in total. The number of esters is 1. The number of carbonyl (C=O) groups is 2. The summed E-state index contributed by atoms with van der Waals surface area (Å²) < 4.78 is 10.6. The van der Waals surface area contributed by atoms with Gasteiger partial charge < -0.3 is 9.26 Å². The number of carbonyl (C=O) groups excluding carboxylic acids is 2. The van der Waals surface area contributed by atoms with E-state index in [0.29, 0.717) is 28.6 Å². The van der Waals surface area contributed by atoms with Gasteiger partial charge in [-0.15, -0.1) is 0 Å². The quantitative estimate of drug-likeness (QED) is 0.246. The molecule has 6 heteroatoms. The van der Waals surface area contributed by atoms with Gasteiger partial charge in [-0.2, -0.15) is 4.98 Å². The van der Waals surface area contributed by atoms with Crippen molar-refractivity contribution >= 4 is 11.8 Å². The Kier molecular flexibility index (Phi) is 5.98. The first-order valence-electron chi connectivity index (χ1n) is 9.88. The zero-order chi connectivity index (χ0) is 21.6. The molecule has 0 fully saturated rings. The number of nitrogens with zero attached hydrogens (tertiary/aromatic N) is 2. The van der Waals surface area contributed by atoms with Crippen LogP contribution in [0.25, 0.3) is 11.4 Å². The van der Waals surface area contributed by atoms with Gasteiger partial charge in [-0.3, -0.25) is 9.59 Å². The molecular weight excluding hydrogens is 392 g/mol. The number of rotatable bonds is 7. The predicted octanol–water partition coefficient (Wildman–Crippen LogP) is 4.81. The minimum atomic E-state index is -0.419. The Bertz CT molecular complexity index is 1180. The standard InChI is InChI=1S/C25H20N2O4/c1-17-7-9-20(10-8-17)25-26-22(31-27-25)15-16-23(28)30-21-13-11-19(12-14-21)24(29)18-5-3-2-4-6-18/h2-14H,15-16H2,1H3. The summed E-state index contributed by atoms with van der Waals surface area (Å²) >= 11 is 0. The molecule has 1 heterocycles. The van der Waals surface area contributed by atoms with E-state index >= 15 is 0 Å². The van der Waals surface area contributed by atoms with Gasteiger partial charge in [0.05, 0.1) is 6.42 Å². The fourth-order valence-corrected chi connectivity index (χ4v) is 3.00. The van der Waals surface area contributed by atoms with Gasteiger partial charge in [-0.25, -0.2) is 0 Å². The van der Waals surface area contributed by atoms with Crippen LogP contribution in [0.1, 0.15) is 33.8 Å². The second-order valence-electron chi connectivity index (χ2n) is 7.07. The Morgan fingerprint density at radius 2 is 1.55 bits per heavy atom. The third-order valence-electron chi connectivity index (χ3n) is 4.71. The number of hydrogen-bond donors (Lipinski definition) is 0. The van der Waals surface area contributed by atoms with Crippen LogP contribution < -0.4 is 4.74 Å². The van der Waals surface area contributed by atoms with Crippen molar-refractivity contribution in [3.05, 3.63) is 101 Å². The molecule has 3 aromatic carbocycles. The molecule has 1 aromatic heterocycles. The maximum absolute atomic E-state index is 12.4. The van der Waals surface area contributed by atoms with Crippen LogP contribution in [0, 0.1) is 6.92 Å². The highest BCUT2D eigenvalue weighted by atomic mass is 16.5. The SMILES string of the molecule is Cc1ccc(-c2noc(CCC(=O)Oc3ccc(C(=O)c4ccccc4)cc3)n2)cc1. The summed E-state index contributed by atoms with van der Waals surface area (Å²) in [6, 6.07) is 23.3. The zero-order valence-corrected chi connectivity index (χ0v) is 16.9. The van der Waals surface area contributed by atoms with Crippen LogP contribution in [0.15, 0.2) is 83.4 Å². The van der Waals surface area contributed by atoms with Crippen molar-refractivity contribution in [3.8, 4) is 17.1 Å². The molecule has 0 aliphatic carbocycles. The molecule has 4 rings (SSSR count). The molecule has 154 valence electrons. The first-order chi connectivity index (χ1) is 15.1. The molecule has 0 saturated heterocycles. The minimum Gasteiger partial charge on any atom is -0.427 e. The van der Waals surface area contributed by atoms with Crippen molar-refractivity contribution in [3.63, 3.8) is 0 Å². The molecule has 0 radical (unpaired) electrons. The molecule has 0 spiro atoms. The minimum absolute atomic E-state index is 0.0840. The monoisotopic (exact) mass is 412 g/mol. The lowest BCUT2D eigenvalue weighted by Crippen LogP contribution is -2.09. The summed E-state index contributed by atoms with van der Waals surface area (Å²) in [7, 11) is 0. The van der Waals surface area contributed by atoms with Gasteiger partial charge in [0.1, 0.15) is 5.75 Å². The maximum atomic E-state index is 12.4. The van der Waals surface area contributed by atoms with Gasteiger partial charge in [0.25, 0.3) is 0 Å². The van der Waals surface area contributed by atoms with E-state index in [1.807, 2.05) is 49.4 Å². The molecule has 0 atom stereocenters. The Morgan fingerprint density at radius 3 is 2.26 bits per heavy atom. The highest BCUT2D eigenvalue weighted by molar-refractivity contribution is 6.09. The van der Waals surface area contributed by atoms with Crippen LogP contribution >= 0.6 is 0 Å². The Hall–Kier alpha value is -4.06. The average Bonchev–Trinajstić information content (AvgIpc) is 3.28. The molecule has 0 saturated carbocycles. The lowest BCUT2D eigenvalue weighted by molar-refractivity contribution is -0.134. The zero-order valence-electron chi connectivity index (χ0n) is 16.9. The maximum Gasteiger partial charge on any atom is 0.311 e. The number of ketones is 1. The molecule has 0 aliphatic heterocycles. The van der Waals surface area contributed by atoms with Crippen molar-refractivity contribution in [2.75, 3.05) is 0 Å². The summed E-state index contributed by atoms with van der Waals surface area (Å²) in [6.45, 7) is 2.01. The summed E-state index contributed by atoms with van der Waals surface area (Å²) in [5, 5.41) is 3.96. The molecule has 6 nitrogen and oxygen atoms in total. The number of hydrogen-bond acceptors (Lipinski definition) is 6. The third-order valence-corrected chi connectivity index (χ3v) is 4.71. The van der Waals surface area contributed by atoms with Crippen LogP contribution in [0.2, 0.25) is 0 Å². The summed E-state index contributed by atoms with van der Waals surface area (Å²) in [6.07, 6.45) is 0.377. The first kappa shape index (κ1) is 20.2. The topological polar surface area (TPSA) is 82.3 Å². The van der Waals surface area contributed by atoms with Gasteiger partial charge in [-0.1, -0.05) is 65.3 Å². The number of aryl methyl sites for hydroxylation is 2. The Balaban J connectivity index is 1.31. The van der Waals surface area contributed by atoms with E-state index in [1.165, 1.54) is 0 Å². The van der Waals surface area contributed by atoms with Gasteiger partial charge in [0, 0.05) is 23.1 Å². The van der Waals surface area contributed by atoms with Crippen LogP contribution in [0.4, 0.5) is 0 Å². The van der Waals surface area contributed by atoms with Crippen molar-refractivity contribution in [2.24, 2.45) is 0 Å². The first-order valence-corrected chi connectivity index (χ1v) is 9.88. The van der Waals surface area contributed by atoms with Crippen molar-refractivity contribution in [1.29, 1.82) is 0 Å². The fraction of sp³-hybridized carbons (Fsp3) is 0.120. The van der Waals surface area contributed by atoms with Gasteiger partial charge in [-0.05, 0) is 31.2 Å². The molecule has 0 bridgehead atoms. The van der Waals surface area contributed by atoms with E-state index in [1.54, 1.807) is 36.4 Å². The van der Waals surface area contributed by atoms with E-state index in [9.17, 15) is 9.59 Å². The lowest BCUT2D eigenvalue weighted by atomic mass is 10.0. The molecule has 4 aromatic rings. The summed E-state index contributed by atoms with van der Waals surface area (Å²) in [4.78, 5) is 28.9. The normalized spacial score (nSPS) is 10.6. The molecule has 31 heavy (non-hydrogen) atoms. The smallest absolute Gasteiger partial charge is 0.311 e. The summed E-state index contributed by atoms with van der Waals surface area (Å²) in [5.74, 6) is 0.732. The van der Waals surface area contributed by atoms with Crippen LogP contribution in [-0.4, -0.2) is 21.9 Å². The van der Waals surface area contributed by atoms with Crippen LogP contribution in [0.3, 0.4) is 0 Å². The van der Waals surface area contributed by atoms with Gasteiger partial charge in [0.15, 0.2) is 5.78 Å². The Labute approximate surface area is 179 Å². The second kappa shape index (κ2) is 9.17. The van der Waals surface area contributed by atoms with Crippen molar-refractivity contribution in [1.82, 2.24) is 10.1 Å². The van der Waals surface area contributed by atoms with E-state index < -0.39 is 5.97 Å². The Morgan fingerprint density at radius 1 is 0.871 bits per heavy atom. The van der Waals surface area contributed by atoms with Gasteiger partial charge >= 0.3 is 5.97 Å². The third kappa shape index (κ3) is 5.11. The van der Waals surface area contributed by atoms with Crippen LogP contribution in [0.5, 0.6) is 5.75 Å². The van der Waals surface area contributed by atoms with E-state index in [4.69, 9.17) is 9.26 Å². The van der Waals surface area contributed by atoms with E-state index in [0.717, 1.165) is 11.1 Å². The predicted molar refractivity (Wildman–Crippen MR) is 115 cm³/mol. The second-order valence-corrected chi connectivity index (χ2v) is 7.07. The van der Waals surface area contributed by atoms with E-state index in [-0.39, 0.29) is 18.6 Å². The average molecular weight is 412 g/mol. The van der Waals surface area contributed by atoms with Crippen molar-refractivity contribution in [2.45, 2.75) is 19.8 Å². The highest BCUT2D eigenvalue weighted by Gasteiger charge is 2.13. The molecule has 0 unspecified atom stereocenters. The molecular formula is C25H20N2O4. The van der Waals surface area contributed by atoms with E-state index in [2.05, 4.69) is 10.1 Å². The van der Waals surface area contributed by atoms with Crippen LogP contribution in [-0.2, 0) is 11.2 Å². The molecule has 0 amide bonds. The van der Waals surface area contributed by atoms with Gasteiger partial charge in [0.2, 0.25) is 11.7 Å². The number of ether oxygens (including phenoxy) is 1. The fourth-order valence-electron chi connectivity index (χ4n) is 3.00. The highest BCUT2D eigenvalue weighted by Crippen LogP contribution is 2.18. The lowest BCUT2D eigenvalue weighted by Gasteiger charge is -2.05. The molecule has 0 aliphatic rings. The largest absolute Gasteiger partial charge is 0.427 e. The number of aromatic nitrogens is 2. The summed E-state index contributed by atoms with van der Waals surface area (Å²) in [5.41, 5.74) is 3.14.